The van der Waals surface area contributed by atoms with E-state index in [-0.39, 0.29) is 47.3 Å². The van der Waals surface area contributed by atoms with Crippen molar-refractivity contribution in [2.24, 2.45) is 0 Å². The number of carbonyl (C=O) groups is 3. The zero-order chi connectivity index (χ0) is 21.9. The molecule has 0 atom stereocenters. The van der Waals surface area contributed by atoms with Gasteiger partial charge in [-0.15, -0.1) is 0 Å². The summed E-state index contributed by atoms with van der Waals surface area (Å²) in [7, 11) is -2.71. The lowest BCUT2D eigenvalue weighted by Crippen LogP contribution is -2.49. The normalized spacial score (nSPS) is 14.6. The highest BCUT2D eigenvalue weighted by Gasteiger charge is 2.29. The first kappa shape index (κ1) is 21.3. The fourth-order valence-corrected chi connectivity index (χ4v) is 4.26. The summed E-state index contributed by atoms with van der Waals surface area (Å²) >= 11 is 0. The number of esters is 1. The fourth-order valence-electron chi connectivity index (χ4n) is 2.86. The lowest BCUT2D eigenvalue weighted by Gasteiger charge is -2.25. The lowest BCUT2D eigenvalue weighted by molar-refractivity contribution is -0.122. The molecular weight excluding hydrogens is 414 g/mol. The van der Waals surface area contributed by atoms with Crippen molar-refractivity contribution in [1.29, 1.82) is 0 Å². The molecule has 0 aromatic heterocycles. The smallest absolute Gasteiger partial charge is 0.341 e. The number of amides is 2. The maximum Gasteiger partial charge on any atom is 0.341 e. The first-order valence-corrected chi connectivity index (χ1v) is 10.3. The van der Waals surface area contributed by atoms with Gasteiger partial charge in [0.25, 0.3) is 5.91 Å². The van der Waals surface area contributed by atoms with Gasteiger partial charge in [-0.1, -0.05) is 6.07 Å². The summed E-state index contributed by atoms with van der Waals surface area (Å²) in [6.07, 6.45) is 0. The Hall–Kier alpha value is -3.44. The number of rotatable bonds is 5. The number of hydrogen-bond acceptors (Lipinski definition) is 7. The second-order valence-corrected chi connectivity index (χ2v) is 8.30. The number of para-hydroxylation sites is 1. The number of aromatic hydroxyl groups is 1. The van der Waals surface area contributed by atoms with Gasteiger partial charge in [-0.25, -0.2) is 13.2 Å². The Morgan fingerprint density at radius 3 is 2.50 bits per heavy atom. The molecule has 3 rings (SSSR count). The molecule has 1 aliphatic heterocycles. The molecule has 2 aromatic rings. The third kappa shape index (κ3) is 4.26. The van der Waals surface area contributed by atoms with Crippen LogP contribution in [0.2, 0.25) is 0 Å². The largest absolute Gasteiger partial charge is 0.505 e. The van der Waals surface area contributed by atoms with Gasteiger partial charge in [0.1, 0.15) is 5.56 Å². The van der Waals surface area contributed by atoms with Crippen LogP contribution in [0.5, 0.6) is 5.75 Å². The third-order valence-electron chi connectivity index (χ3n) is 4.45. The van der Waals surface area contributed by atoms with Gasteiger partial charge in [-0.3, -0.25) is 9.59 Å². The highest BCUT2D eigenvalue weighted by Crippen LogP contribution is 2.28. The standard InChI is InChI=1S/C19H19N3O7S/c1-29-19(26)14-3-2-4-15(17(14)24)21-18(25)12-5-7-13(8-6-12)30(27,28)22-10-9-20-16(23)11-22/h2-8,24H,9-11H2,1H3,(H,20,23)(H,21,25). The Morgan fingerprint density at radius 1 is 1.17 bits per heavy atom. The quantitative estimate of drug-likeness (QED) is 0.462. The van der Waals surface area contributed by atoms with Crippen molar-refractivity contribution < 1.29 is 32.6 Å². The van der Waals surface area contributed by atoms with Gasteiger partial charge in [0, 0.05) is 18.7 Å². The van der Waals surface area contributed by atoms with E-state index in [0.717, 1.165) is 4.31 Å². The fraction of sp³-hybridized carbons (Fsp3) is 0.211. The molecule has 11 heteroatoms. The minimum atomic E-state index is -3.87. The lowest BCUT2D eigenvalue weighted by atomic mass is 10.1. The molecule has 0 bridgehead atoms. The molecule has 30 heavy (non-hydrogen) atoms. The van der Waals surface area contributed by atoms with Crippen molar-refractivity contribution in [3.05, 3.63) is 53.6 Å². The molecule has 1 fully saturated rings. The zero-order valence-electron chi connectivity index (χ0n) is 15.9. The van der Waals surface area contributed by atoms with Crippen molar-refractivity contribution >= 4 is 33.5 Å². The summed E-state index contributed by atoms with van der Waals surface area (Å²) in [5.74, 6) is -2.20. The maximum absolute atomic E-state index is 12.6. The minimum Gasteiger partial charge on any atom is -0.505 e. The number of nitrogens with zero attached hydrogens (tertiary/aromatic N) is 1. The van der Waals surface area contributed by atoms with E-state index in [9.17, 15) is 27.9 Å². The monoisotopic (exact) mass is 433 g/mol. The molecule has 1 saturated heterocycles. The maximum atomic E-state index is 12.6. The van der Waals surface area contributed by atoms with Gasteiger partial charge < -0.3 is 20.5 Å². The van der Waals surface area contributed by atoms with Gasteiger partial charge >= 0.3 is 5.97 Å². The third-order valence-corrected chi connectivity index (χ3v) is 6.31. The topological polar surface area (TPSA) is 142 Å². The van der Waals surface area contributed by atoms with E-state index in [1.807, 2.05) is 0 Å². The highest BCUT2D eigenvalue weighted by molar-refractivity contribution is 7.89. The molecule has 3 N–H and O–H groups in total. The Morgan fingerprint density at radius 2 is 1.87 bits per heavy atom. The van der Waals surface area contributed by atoms with Crippen molar-refractivity contribution in [1.82, 2.24) is 9.62 Å². The molecular formula is C19H19N3O7S. The van der Waals surface area contributed by atoms with E-state index in [0.29, 0.717) is 0 Å². The second-order valence-electron chi connectivity index (χ2n) is 6.36. The van der Waals surface area contributed by atoms with Crippen LogP contribution in [0.25, 0.3) is 0 Å². The van der Waals surface area contributed by atoms with Crippen molar-refractivity contribution in [3.63, 3.8) is 0 Å². The van der Waals surface area contributed by atoms with Crippen LogP contribution in [0.3, 0.4) is 0 Å². The number of hydrogen-bond donors (Lipinski definition) is 3. The van der Waals surface area contributed by atoms with Crippen LogP contribution in [-0.2, 0) is 19.6 Å². The molecule has 1 heterocycles. The number of piperazine rings is 1. The van der Waals surface area contributed by atoms with Crippen LogP contribution >= 0.6 is 0 Å². The van der Waals surface area contributed by atoms with E-state index in [1.165, 1.54) is 49.6 Å². The summed E-state index contributed by atoms with van der Waals surface area (Å²) in [5.41, 5.74) is 0.0226. The van der Waals surface area contributed by atoms with Gasteiger partial charge in [0.05, 0.1) is 24.2 Å². The molecule has 2 aromatic carbocycles. The summed E-state index contributed by atoms with van der Waals surface area (Å²) in [5, 5.41) is 15.2. The Bertz CT molecular complexity index is 1100. The summed E-state index contributed by atoms with van der Waals surface area (Å²) < 4.78 is 30.9. The predicted molar refractivity (Wildman–Crippen MR) is 106 cm³/mol. The number of anilines is 1. The number of nitrogens with one attached hydrogen (secondary N) is 2. The first-order valence-electron chi connectivity index (χ1n) is 8.82. The zero-order valence-corrected chi connectivity index (χ0v) is 16.7. The Labute approximate surface area is 172 Å². The van der Waals surface area contributed by atoms with E-state index in [1.54, 1.807) is 0 Å². The van der Waals surface area contributed by atoms with Crippen molar-refractivity contribution in [2.75, 3.05) is 32.1 Å². The number of benzene rings is 2. The van der Waals surface area contributed by atoms with E-state index in [2.05, 4.69) is 15.4 Å². The van der Waals surface area contributed by atoms with Gasteiger partial charge in [0.2, 0.25) is 15.9 Å². The molecule has 158 valence electrons. The second kappa shape index (κ2) is 8.51. The molecule has 0 aliphatic carbocycles. The van der Waals surface area contributed by atoms with Gasteiger partial charge in [-0.2, -0.15) is 4.31 Å². The molecule has 0 radical (unpaired) electrons. The van der Waals surface area contributed by atoms with Gasteiger partial charge in [-0.05, 0) is 36.4 Å². The Kier molecular flexibility index (Phi) is 6.04. The highest BCUT2D eigenvalue weighted by atomic mass is 32.2. The van der Waals surface area contributed by atoms with E-state index in [4.69, 9.17) is 0 Å². The van der Waals surface area contributed by atoms with Crippen molar-refractivity contribution in [2.45, 2.75) is 4.90 Å². The number of phenols is 1. The van der Waals surface area contributed by atoms with Crippen LogP contribution < -0.4 is 10.6 Å². The molecule has 10 nitrogen and oxygen atoms in total. The van der Waals surface area contributed by atoms with Crippen LogP contribution in [0.1, 0.15) is 20.7 Å². The summed E-state index contributed by atoms with van der Waals surface area (Å²) in [6, 6.07) is 9.37. The number of sulfonamides is 1. The number of carbonyl (C=O) groups excluding carboxylic acids is 3. The summed E-state index contributed by atoms with van der Waals surface area (Å²) in [4.78, 5) is 35.5. The first-order chi connectivity index (χ1) is 14.2. The number of ether oxygens (including phenoxy) is 1. The molecule has 1 aliphatic rings. The Balaban J connectivity index is 1.78. The number of methoxy groups -OCH3 is 1. The minimum absolute atomic E-state index is 0.000993. The number of phenolic OH excluding ortho intramolecular Hbond substituents is 1. The molecule has 0 spiro atoms. The molecule has 0 saturated carbocycles. The average molecular weight is 433 g/mol. The van der Waals surface area contributed by atoms with Crippen LogP contribution in [-0.4, -0.2) is 62.4 Å². The molecule has 2 amide bonds. The van der Waals surface area contributed by atoms with Crippen molar-refractivity contribution in [3.8, 4) is 5.75 Å². The average Bonchev–Trinajstić information content (AvgIpc) is 2.74. The van der Waals surface area contributed by atoms with E-state index < -0.39 is 27.6 Å². The van der Waals surface area contributed by atoms with Crippen LogP contribution in [0.4, 0.5) is 5.69 Å². The van der Waals surface area contributed by atoms with Gasteiger partial charge in [0.15, 0.2) is 5.75 Å². The summed E-state index contributed by atoms with van der Waals surface area (Å²) in [6.45, 7) is 0.124. The molecule has 0 unspecified atom stereocenters. The van der Waals surface area contributed by atoms with E-state index >= 15 is 0 Å². The SMILES string of the molecule is COC(=O)c1cccc(NC(=O)c2ccc(S(=O)(=O)N3CCNC(=O)C3)cc2)c1O. The van der Waals surface area contributed by atoms with Crippen LogP contribution in [0, 0.1) is 0 Å². The predicted octanol–water partition coefficient (Wildman–Crippen LogP) is 0.552. The van der Waals surface area contributed by atoms with Crippen LogP contribution in [0.15, 0.2) is 47.4 Å².